The van der Waals surface area contributed by atoms with Crippen LogP contribution >= 0.6 is 34.8 Å². The summed E-state index contributed by atoms with van der Waals surface area (Å²) in [6, 6.07) is 14.3. The molecule has 256 valence electrons. The van der Waals surface area contributed by atoms with Gasteiger partial charge in [0.2, 0.25) is 5.82 Å². The molecular formula is C34H28Cl3F4N5O3. The summed E-state index contributed by atoms with van der Waals surface area (Å²) >= 11 is 18.5. The number of hydrogen-bond acceptors (Lipinski definition) is 7. The van der Waals surface area contributed by atoms with E-state index in [1.165, 1.54) is 0 Å². The molecule has 3 heterocycles. The summed E-state index contributed by atoms with van der Waals surface area (Å²) < 4.78 is 66.3. The second kappa shape index (κ2) is 13.6. The van der Waals surface area contributed by atoms with Gasteiger partial charge >= 0.3 is 6.18 Å². The molecule has 2 atom stereocenters. The molecule has 1 amide bonds. The molecule has 1 aromatic heterocycles. The van der Waals surface area contributed by atoms with Crippen LogP contribution in [0.5, 0.6) is 5.75 Å². The zero-order valence-electron chi connectivity index (χ0n) is 25.6. The highest BCUT2D eigenvalue weighted by Crippen LogP contribution is 2.42. The highest BCUT2D eigenvalue weighted by molar-refractivity contribution is 6.42. The van der Waals surface area contributed by atoms with Gasteiger partial charge in [0.15, 0.2) is 6.61 Å². The van der Waals surface area contributed by atoms with Gasteiger partial charge in [-0.25, -0.2) is 4.39 Å². The Morgan fingerprint density at radius 2 is 1.80 bits per heavy atom. The maximum atomic E-state index is 14.5. The molecule has 4 aromatic rings. The summed E-state index contributed by atoms with van der Waals surface area (Å²) in [4.78, 5) is 20.2. The normalized spacial score (nSPS) is 19.2. The van der Waals surface area contributed by atoms with E-state index in [9.17, 15) is 22.4 Å². The first-order chi connectivity index (χ1) is 23.5. The van der Waals surface area contributed by atoms with Crippen LogP contribution in [0.4, 0.5) is 17.6 Å². The second-order valence-corrected chi connectivity index (χ2v) is 13.3. The Morgan fingerprint density at radius 3 is 2.53 bits per heavy atom. The van der Waals surface area contributed by atoms with Crippen molar-refractivity contribution in [2.24, 2.45) is 0 Å². The number of carbonyl (C=O) groups is 1. The number of fused-ring (bicyclic) bond motifs is 2. The summed E-state index contributed by atoms with van der Waals surface area (Å²) in [6.45, 7) is 1.43. The number of aromatic nitrogens is 2. The number of amides is 1. The Labute approximate surface area is 293 Å². The predicted molar refractivity (Wildman–Crippen MR) is 176 cm³/mol. The lowest BCUT2D eigenvalue weighted by molar-refractivity contribution is -0.137. The average molecular weight is 737 g/mol. The molecule has 2 aliphatic heterocycles. The first-order valence-electron chi connectivity index (χ1n) is 15.5. The van der Waals surface area contributed by atoms with Gasteiger partial charge in [0.1, 0.15) is 11.6 Å². The fourth-order valence-corrected chi connectivity index (χ4v) is 7.01. The molecule has 0 spiro atoms. The zero-order valence-corrected chi connectivity index (χ0v) is 27.9. The summed E-state index contributed by atoms with van der Waals surface area (Å²) in [5.74, 6) is -1.60. The molecule has 1 saturated carbocycles. The van der Waals surface area contributed by atoms with Crippen molar-refractivity contribution >= 4 is 46.3 Å². The summed E-state index contributed by atoms with van der Waals surface area (Å²) in [7, 11) is 0. The minimum absolute atomic E-state index is 0.0504. The number of piperazine rings is 1. The van der Waals surface area contributed by atoms with Crippen molar-refractivity contribution < 1.29 is 31.6 Å². The van der Waals surface area contributed by atoms with Crippen molar-refractivity contribution in [2.45, 2.75) is 56.7 Å². The third-order valence-corrected chi connectivity index (χ3v) is 9.97. The van der Waals surface area contributed by atoms with Crippen LogP contribution in [-0.4, -0.2) is 52.2 Å². The predicted octanol–water partition coefficient (Wildman–Crippen LogP) is 7.71. The lowest BCUT2D eigenvalue weighted by atomic mass is 9.83. The molecule has 2 fully saturated rings. The lowest BCUT2D eigenvalue weighted by Gasteiger charge is -2.41. The van der Waals surface area contributed by atoms with E-state index in [-0.39, 0.29) is 36.5 Å². The standard InChI is InChI=1S/C34H28Cl3F4N5O3/c35-23-10-11-25(38)29(30(23)34(39,40)41)32-44-27(49-45-32)16-48-21-8-4-17(5-9-21)22-12-19-13-42-14-26(43-19)28(22)33(47)46(20-6-7-20)15-18-2-1-3-24(36)31(18)37/h1-5,8-11,19-20,26,42-43H,6-7,12-16H2/t19-,26-/m1/s1. The van der Waals surface area contributed by atoms with E-state index in [4.69, 9.17) is 44.1 Å². The van der Waals surface area contributed by atoms with Crippen LogP contribution in [0.1, 0.15) is 41.8 Å². The quantitative estimate of drug-likeness (QED) is 0.170. The maximum Gasteiger partial charge on any atom is 0.418 e. The minimum Gasteiger partial charge on any atom is -0.484 e. The van der Waals surface area contributed by atoms with Crippen LogP contribution in [0.2, 0.25) is 15.1 Å². The SMILES string of the molecule is O=C(C1=C(c2ccc(OCc3nc(-c4c(F)ccc(Cl)c4C(F)(F)F)no3)cc2)C[C@@H]2CNC[C@H]1N2)N(Cc1cccc(Cl)c1Cl)C1CC1. The second-order valence-electron chi connectivity index (χ2n) is 12.1. The van der Waals surface area contributed by atoms with Crippen molar-refractivity contribution in [1.82, 2.24) is 25.7 Å². The summed E-state index contributed by atoms with van der Waals surface area (Å²) in [5, 5.41) is 10.8. The minimum atomic E-state index is -4.95. The highest BCUT2D eigenvalue weighted by atomic mass is 35.5. The number of rotatable bonds is 9. The largest absolute Gasteiger partial charge is 0.484 e. The molecular weight excluding hydrogens is 709 g/mol. The lowest BCUT2D eigenvalue weighted by Crippen LogP contribution is -2.60. The first-order valence-corrected chi connectivity index (χ1v) is 16.7. The maximum absolute atomic E-state index is 14.5. The molecule has 0 radical (unpaired) electrons. The van der Waals surface area contributed by atoms with E-state index in [0.29, 0.717) is 40.9 Å². The number of hydrogen-bond donors (Lipinski definition) is 2. The first kappa shape index (κ1) is 33.8. The van der Waals surface area contributed by atoms with Gasteiger partial charge in [0, 0.05) is 37.3 Å². The van der Waals surface area contributed by atoms with Gasteiger partial charge in [-0.2, -0.15) is 18.2 Å². The molecule has 15 heteroatoms. The number of nitrogens with zero attached hydrogens (tertiary/aromatic N) is 3. The summed E-state index contributed by atoms with van der Waals surface area (Å²) in [5.41, 5.74) is 0.995. The van der Waals surface area contributed by atoms with Crippen LogP contribution < -0.4 is 15.4 Å². The van der Waals surface area contributed by atoms with E-state index < -0.39 is 34.0 Å². The number of carbonyl (C=O) groups excluding carboxylic acids is 1. The smallest absolute Gasteiger partial charge is 0.418 e. The van der Waals surface area contributed by atoms with E-state index in [1.54, 1.807) is 18.2 Å². The van der Waals surface area contributed by atoms with Crippen LogP contribution in [0.25, 0.3) is 17.0 Å². The Bertz CT molecular complexity index is 1930. The van der Waals surface area contributed by atoms with Crippen molar-refractivity contribution in [3.63, 3.8) is 0 Å². The number of halogens is 7. The molecule has 0 unspecified atom stereocenters. The topological polar surface area (TPSA) is 92.5 Å². The molecule has 1 aliphatic carbocycles. The zero-order chi connectivity index (χ0) is 34.4. The van der Waals surface area contributed by atoms with E-state index in [0.717, 1.165) is 48.2 Å². The molecule has 3 aliphatic rings. The number of nitrogens with one attached hydrogen (secondary N) is 2. The van der Waals surface area contributed by atoms with E-state index in [2.05, 4.69) is 20.8 Å². The average Bonchev–Trinajstić information content (AvgIpc) is 3.81. The molecule has 49 heavy (non-hydrogen) atoms. The van der Waals surface area contributed by atoms with Crippen LogP contribution in [-0.2, 0) is 24.1 Å². The Hall–Kier alpha value is -3.68. The highest BCUT2D eigenvalue weighted by Gasteiger charge is 2.42. The van der Waals surface area contributed by atoms with Crippen LogP contribution in [0.15, 0.2) is 64.7 Å². The van der Waals surface area contributed by atoms with Gasteiger partial charge in [0.25, 0.3) is 11.8 Å². The molecule has 2 bridgehead atoms. The van der Waals surface area contributed by atoms with Crippen molar-refractivity contribution in [3.05, 3.63) is 104 Å². The number of alkyl halides is 3. The van der Waals surface area contributed by atoms with Gasteiger partial charge in [-0.05, 0) is 66.3 Å². The third kappa shape index (κ3) is 7.02. The van der Waals surface area contributed by atoms with Gasteiger partial charge in [0.05, 0.1) is 32.2 Å². The molecule has 8 nitrogen and oxygen atoms in total. The van der Waals surface area contributed by atoms with E-state index in [1.807, 2.05) is 29.2 Å². The third-order valence-electron chi connectivity index (χ3n) is 8.80. The Balaban J connectivity index is 1.12. The van der Waals surface area contributed by atoms with Gasteiger partial charge in [-0.1, -0.05) is 64.2 Å². The van der Waals surface area contributed by atoms with Crippen LogP contribution in [0, 0.1) is 5.82 Å². The fourth-order valence-electron chi connectivity index (χ4n) is 6.36. The number of ether oxygens (including phenoxy) is 1. The Morgan fingerprint density at radius 1 is 1.02 bits per heavy atom. The van der Waals surface area contributed by atoms with Crippen molar-refractivity contribution in [1.29, 1.82) is 0 Å². The molecule has 2 N–H and O–H groups in total. The van der Waals surface area contributed by atoms with Crippen LogP contribution in [0.3, 0.4) is 0 Å². The fraction of sp³-hybridized carbons (Fsp3) is 0.324. The van der Waals surface area contributed by atoms with Crippen molar-refractivity contribution in [3.8, 4) is 17.1 Å². The molecule has 3 aromatic carbocycles. The van der Waals surface area contributed by atoms with E-state index >= 15 is 0 Å². The monoisotopic (exact) mass is 735 g/mol. The summed E-state index contributed by atoms with van der Waals surface area (Å²) in [6.07, 6.45) is -2.49. The van der Waals surface area contributed by atoms with Gasteiger partial charge in [-0.3, -0.25) is 4.79 Å². The Kier molecular flexibility index (Phi) is 9.35. The molecule has 7 rings (SSSR count). The van der Waals surface area contributed by atoms with Gasteiger partial charge in [-0.15, -0.1) is 0 Å². The number of benzene rings is 3. The van der Waals surface area contributed by atoms with Gasteiger partial charge < -0.3 is 24.8 Å². The molecule has 1 saturated heterocycles. The van der Waals surface area contributed by atoms with Crippen molar-refractivity contribution in [2.75, 3.05) is 13.1 Å².